The van der Waals surface area contributed by atoms with Crippen molar-refractivity contribution < 1.29 is 4.74 Å². The summed E-state index contributed by atoms with van der Waals surface area (Å²) < 4.78 is 6.21. The molecule has 0 amide bonds. The van der Waals surface area contributed by atoms with Gasteiger partial charge < -0.3 is 10.5 Å². The molecule has 2 nitrogen and oxygen atoms in total. The molecule has 0 saturated heterocycles. The van der Waals surface area contributed by atoms with E-state index in [1.165, 1.54) is 5.56 Å². The second-order valence-electron chi connectivity index (χ2n) is 4.63. The average molecular weight is 402 g/mol. The Kier molecular flexibility index (Phi) is 5.84. The van der Waals surface area contributed by atoms with Crippen molar-refractivity contribution in [1.82, 2.24) is 0 Å². The molecular weight excluding hydrogens is 385 g/mol. The van der Waals surface area contributed by atoms with Crippen LogP contribution in [0, 0.1) is 3.57 Å². The van der Waals surface area contributed by atoms with Crippen molar-refractivity contribution in [1.29, 1.82) is 0 Å². The molecule has 0 saturated carbocycles. The summed E-state index contributed by atoms with van der Waals surface area (Å²) >= 11 is 8.35. The van der Waals surface area contributed by atoms with Crippen LogP contribution in [0.5, 0.6) is 0 Å². The minimum absolute atomic E-state index is 0.155. The van der Waals surface area contributed by atoms with Gasteiger partial charge in [-0.25, -0.2) is 0 Å². The molecule has 0 aliphatic heterocycles. The largest absolute Gasteiger partial charge is 0.384 e. The maximum atomic E-state index is 6.35. The Morgan fingerprint density at radius 3 is 2.55 bits per heavy atom. The van der Waals surface area contributed by atoms with Gasteiger partial charge in [0.15, 0.2) is 0 Å². The molecule has 2 N–H and O–H groups in total. The third kappa shape index (κ3) is 3.95. The fourth-order valence-corrected chi connectivity index (χ4v) is 2.90. The van der Waals surface area contributed by atoms with Gasteiger partial charge in [-0.15, -0.1) is 0 Å². The highest BCUT2D eigenvalue weighted by Crippen LogP contribution is 2.27. The van der Waals surface area contributed by atoms with Gasteiger partial charge in [-0.05, 0) is 63.9 Å². The summed E-state index contributed by atoms with van der Waals surface area (Å²) in [5.74, 6) is 0. The Morgan fingerprint density at radius 2 is 1.90 bits per heavy atom. The molecule has 0 aliphatic carbocycles. The Bertz CT molecular complexity index is 571. The number of nitrogens with two attached hydrogens (primary N) is 1. The van der Waals surface area contributed by atoms with Gasteiger partial charge in [0.1, 0.15) is 0 Å². The van der Waals surface area contributed by atoms with Crippen molar-refractivity contribution in [2.75, 3.05) is 13.7 Å². The molecule has 0 spiro atoms. The highest BCUT2D eigenvalue weighted by Gasteiger charge is 2.12. The smallest absolute Gasteiger partial charge is 0.0562 e. The van der Waals surface area contributed by atoms with E-state index in [-0.39, 0.29) is 6.04 Å². The number of rotatable bonds is 5. The van der Waals surface area contributed by atoms with Crippen LogP contribution in [-0.4, -0.2) is 13.7 Å². The molecule has 106 valence electrons. The molecule has 0 aliphatic rings. The van der Waals surface area contributed by atoms with Gasteiger partial charge in [0.25, 0.3) is 0 Å². The van der Waals surface area contributed by atoms with E-state index in [0.717, 1.165) is 27.7 Å². The van der Waals surface area contributed by atoms with Crippen molar-refractivity contribution in [2.24, 2.45) is 5.73 Å². The maximum Gasteiger partial charge on any atom is 0.0562 e. The molecule has 0 aromatic heterocycles. The molecule has 2 rings (SSSR count). The molecular formula is C16H17ClINO. The lowest BCUT2D eigenvalue weighted by molar-refractivity contribution is 0.202. The lowest BCUT2D eigenvalue weighted by atomic mass is 9.98. The van der Waals surface area contributed by atoms with Gasteiger partial charge in [0, 0.05) is 15.7 Å². The number of hydrogen-bond donors (Lipinski definition) is 1. The topological polar surface area (TPSA) is 35.2 Å². The Hall–Kier alpha value is -0.620. The van der Waals surface area contributed by atoms with Crippen LogP contribution in [0.4, 0.5) is 0 Å². The van der Waals surface area contributed by atoms with Crippen molar-refractivity contribution >= 4 is 34.2 Å². The van der Waals surface area contributed by atoms with Crippen LogP contribution in [0.25, 0.3) is 0 Å². The number of methoxy groups -OCH3 is 1. The predicted octanol–water partition coefficient (Wildman–Crippen LogP) is 4.18. The van der Waals surface area contributed by atoms with E-state index in [1.54, 1.807) is 7.11 Å². The van der Waals surface area contributed by atoms with Gasteiger partial charge in [-0.1, -0.05) is 35.9 Å². The Morgan fingerprint density at radius 1 is 1.20 bits per heavy atom. The predicted molar refractivity (Wildman–Crippen MR) is 92.2 cm³/mol. The summed E-state index contributed by atoms with van der Waals surface area (Å²) in [6, 6.07) is 14.0. The van der Waals surface area contributed by atoms with Crippen LogP contribution in [0.1, 0.15) is 22.7 Å². The zero-order chi connectivity index (χ0) is 14.5. The summed E-state index contributed by atoms with van der Waals surface area (Å²) in [6.45, 7) is 0.734. The van der Waals surface area contributed by atoms with Crippen LogP contribution < -0.4 is 5.73 Å². The molecule has 1 unspecified atom stereocenters. The van der Waals surface area contributed by atoms with Gasteiger partial charge in [-0.2, -0.15) is 0 Å². The molecule has 0 radical (unpaired) electrons. The molecule has 0 heterocycles. The average Bonchev–Trinajstić information content (AvgIpc) is 2.47. The maximum absolute atomic E-state index is 6.35. The van der Waals surface area contributed by atoms with Crippen LogP contribution in [0.2, 0.25) is 5.02 Å². The molecule has 2 aromatic rings. The van der Waals surface area contributed by atoms with Crippen LogP contribution in [-0.2, 0) is 11.2 Å². The van der Waals surface area contributed by atoms with E-state index in [4.69, 9.17) is 22.1 Å². The Balaban J connectivity index is 2.20. The number of halogens is 2. The van der Waals surface area contributed by atoms with E-state index in [2.05, 4.69) is 46.9 Å². The number of benzene rings is 2. The summed E-state index contributed by atoms with van der Waals surface area (Å²) in [5, 5.41) is 0.715. The monoisotopic (exact) mass is 401 g/mol. The summed E-state index contributed by atoms with van der Waals surface area (Å²) in [7, 11) is 1.71. The normalized spacial score (nSPS) is 12.4. The van der Waals surface area contributed by atoms with E-state index < -0.39 is 0 Å². The van der Waals surface area contributed by atoms with Crippen molar-refractivity contribution in [2.45, 2.75) is 12.5 Å². The second kappa shape index (κ2) is 7.41. The lowest BCUT2D eigenvalue weighted by Crippen LogP contribution is -2.13. The van der Waals surface area contributed by atoms with Gasteiger partial charge in [0.05, 0.1) is 12.6 Å². The third-order valence-electron chi connectivity index (χ3n) is 3.23. The molecule has 2 aromatic carbocycles. The lowest BCUT2D eigenvalue weighted by Gasteiger charge is -2.15. The van der Waals surface area contributed by atoms with Gasteiger partial charge in [0.2, 0.25) is 0 Å². The number of hydrogen-bond acceptors (Lipinski definition) is 2. The zero-order valence-corrected chi connectivity index (χ0v) is 14.2. The third-order valence-corrected chi connectivity index (χ3v) is 4.44. The fraction of sp³-hybridized carbons (Fsp3) is 0.250. The highest BCUT2D eigenvalue weighted by atomic mass is 127. The van der Waals surface area contributed by atoms with Crippen molar-refractivity contribution in [3.05, 3.63) is 67.7 Å². The molecule has 0 fully saturated rings. The van der Waals surface area contributed by atoms with Gasteiger partial charge >= 0.3 is 0 Å². The summed E-state index contributed by atoms with van der Waals surface area (Å²) in [4.78, 5) is 0. The Labute approximate surface area is 138 Å². The SMILES string of the molecule is COCCc1ccc(C(N)c2cc(Cl)ccc2I)cc1. The van der Waals surface area contributed by atoms with Crippen LogP contribution >= 0.6 is 34.2 Å². The van der Waals surface area contributed by atoms with Crippen LogP contribution in [0.3, 0.4) is 0 Å². The first-order chi connectivity index (χ1) is 9.61. The second-order valence-corrected chi connectivity index (χ2v) is 6.23. The van der Waals surface area contributed by atoms with E-state index in [1.807, 2.05) is 18.2 Å². The quantitative estimate of drug-likeness (QED) is 0.763. The minimum Gasteiger partial charge on any atom is -0.384 e. The van der Waals surface area contributed by atoms with Crippen LogP contribution in [0.15, 0.2) is 42.5 Å². The summed E-state index contributed by atoms with van der Waals surface area (Å²) in [6.07, 6.45) is 0.917. The van der Waals surface area contributed by atoms with E-state index in [0.29, 0.717) is 5.02 Å². The van der Waals surface area contributed by atoms with E-state index in [9.17, 15) is 0 Å². The first-order valence-electron chi connectivity index (χ1n) is 6.40. The minimum atomic E-state index is -0.155. The van der Waals surface area contributed by atoms with Crippen molar-refractivity contribution in [3.63, 3.8) is 0 Å². The first-order valence-corrected chi connectivity index (χ1v) is 7.86. The van der Waals surface area contributed by atoms with Gasteiger partial charge in [-0.3, -0.25) is 0 Å². The highest BCUT2D eigenvalue weighted by molar-refractivity contribution is 14.1. The van der Waals surface area contributed by atoms with E-state index >= 15 is 0 Å². The zero-order valence-electron chi connectivity index (χ0n) is 11.3. The number of ether oxygens (including phenoxy) is 1. The molecule has 0 bridgehead atoms. The molecule has 1 atom stereocenters. The standard InChI is InChI=1S/C16H17ClINO/c1-20-9-8-11-2-4-12(5-3-11)16(19)14-10-13(17)6-7-15(14)18/h2-7,10,16H,8-9,19H2,1H3. The first kappa shape index (κ1) is 15.8. The molecule has 4 heteroatoms. The fourth-order valence-electron chi connectivity index (χ4n) is 2.04. The molecule has 20 heavy (non-hydrogen) atoms. The van der Waals surface area contributed by atoms with Crippen molar-refractivity contribution in [3.8, 4) is 0 Å². The summed E-state index contributed by atoms with van der Waals surface area (Å²) in [5.41, 5.74) is 9.75.